The van der Waals surface area contributed by atoms with Gasteiger partial charge in [-0.15, -0.1) is 10.2 Å². The van der Waals surface area contributed by atoms with E-state index in [1.807, 2.05) is 29.2 Å². The number of ether oxygens (including phenoxy) is 2. The summed E-state index contributed by atoms with van der Waals surface area (Å²) in [6.07, 6.45) is 1.22. The van der Waals surface area contributed by atoms with Gasteiger partial charge in [-0.25, -0.2) is 0 Å². The van der Waals surface area contributed by atoms with E-state index in [0.29, 0.717) is 35.2 Å². The number of carbonyl (C=O) groups is 2. The Morgan fingerprint density at radius 2 is 2.00 bits per heavy atom. The van der Waals surface area contributed by atoms with Crippen LogP contribution < -0.4 is 19.7 Å². The number of hydrogen-bond donors (Lipinski definition) is 1. The van der Waals surface area contributed by atoms with Crippen molar-refractivity contribution >= 4 is 34.0 Å². The van der Waals surface area contributed by atoms with Crippen molar-refractivity contribution in [1.29, 1.82) is 0 Å². The molecule has 1 saturated heterocycles. The molecule has 8 nitrogen and oxygen atoms in total. The van der Waals surface area contributed by atoms with E-state index in [4.69, 9.17) is 9.47 Å². The third-order valence-corrected chi connectivity index (χ3v) is 6.45. The first-order valence-electron chi connectivity index (χ1n) is 10.3. The number of aryl methyl sites for hydroxylation is 1. The van der Waals surface area contributed by atoms with Gasteiger partial charge in [0.05, 0.1) is 19.8 Å². The number of benzene rings is 2. The van der Waals surface area contributed by atoms with Crippen LogP contribution in [0.2, 0.25) is 0 Å². The number of carbonyl (C=O) groups excluding carboxylic acids is 2. The maximum atomic E-state index is 12.7. The van der Waals surface area contributed by atoms with Crippen LogP contribution in [0.1, 0.15) is 40.2 Å². The summed E-state index contributed by atoms with van der Waals surface area (Å²) in [6.45, 7) is 2.62. The fourth-order valence-corrected chi connectivity index (χ4v) is 4.61. The molecule has 9 heteroatoms. The molecule has 1 N–H and O–H groups in total. The van der Waals surface area contributed by atoms with Crippen molar-refractivity contribution in [2.75, 3.05) is 31.0 Å². The van der Waals surface area contributed by atoms with E-state index in [1.54, 1.807) is 25.3 Å². The standard InChI is InChI=1S/C23H24N4O4S/c1-4-14-7-5-6-8-18(14)27-13-15(11-20(27)28)22-25-26-23(32-22)24-21(29)17-10-9-16(30-2)12-19(17)31-3/h5-10,12,15H,4,11,13H2,1-3H3,(H,24,26,29). The Morgan fingerprint density at radius 3 is 2.75 bits per heavy atom. The Balaban J connectivity index is 1.48. The second kappa shape index (κ2) is 9.35. The average molecular weight is 453 g/mol. The Kier molecular flexibility index (Phi) is 6.36. The van der Waals surface area contributed by atoms with Gasteiger partial charge < -0.3 is 14.4 Å². The minimum absolute atomic E-state index is 0.0638. The molecular formula is C23H24N4O4S. The summed E-state index contributed by atoms with van der Waals surface area (Å²) < 4.78 is 10.5. The molecule has 1 aliphatic heterocycles. The Labute approximate surface area is 190 Å². The van der Waals surface area contributed by atoms with Gasteiger partial charge in [0.1, 0.15) is 16.5 Å². The highest BCUT2D eigenvalue weighted by Gasteiger charge is 2.34. The number of anilines is 2. The maximum Gasteiger partial charge on any atom is 0.261 e. The van der Waals surface area contributed by atoms with Gasteiger partial charge in [0.15, 0.2) is 0 Å². The van der Waals surface area contributed by atoms with Crippen LogP contribution in [-0.2, 0) is 11.2 Å². The van der Waals surface area contributed by atoms with E-state index >= 15 is 0 Å². The first-order valence-corrected chi connectivity index (χ1v) is 11.1. The van der Waals surface area contributed by atoms with Gasteiger partial charge in [-0.3, -0.25) is 14.9 Å². The molecule has 32 heavy (non-hydrogen) atoms. The highest BCUT2D eigenvalue weighted by atomic mass is 32.1. The van der Waals surface area contributed by atoms with Gasteiger partial charge in [0.25, 0.3) is 5.91 Å². The molecule has 2 aromatic carbocycles. The Bertz CT molecular complexity index is 1150. The third-order valence-electron chi connectivity index (χ3n) is 5.45. The second-order valence-electron chi connectivity index (χ2n) is 7.35. The van der Waals surface area contributed by atoms with E-state index < -0.39 is 0 Å². The lowest BCUT2D eigenvalue weighted by Crippen LogP contribution is -2.25. The van der Waals surface area contributed by atoms with E-state index in [-0.39, 0.29) is 17.7 Å². The monoisotopic (exact) mass is 452 g/mol. The van der Waals surface area contributed by atoms with Crippen molar-refractivity contribution in [3.8, 4) is 11.5 Å². The van der Waals surface area contributed by atoms with Gasteiger partial charge in [-0.2, -0.15) is 0 Å². The van der Waals surface area contributed by atoms with Crippen molar-refractivity contribution in [2.45, 2.75) is 25.7 Å². The second-order valence-corrected chi connectivity index (χ2v) is 8.36. The molecule has 2 amide bonds. The number of nitrogens with zero attached hydrogens (tertiary/aromatic N) is 3. The van der Waals surface area contributed by atoms with Gasteiger partial charge >= 0.3 is 0 Å². The lowest BCUT2D eigenvalue weighted by Gasteiger charge is -2.19. The van der Waals surface area contributed by atoms with Crippen LogP contribution in [-0.4, -0.2) is 42.8 Å². The predicted molar refractivity (Wildman–Crippen MR) is 123 cm³/mol. The Hall–Kier alpha value is -3.46. The summed E-state index contributed by atoms with van der Waals surface area (Å²) >= 11 is 1.28. The number of rotatable bonds is 7. The zero-order chi connectivity index (χ0) is 22.7. The van der Waals surface area contributed by atoms with E-state index in [1.165, 1.54) is 18.4 Å². The van der Waals surface area contributed by atoms with Crippen molar-refractivity contribution in [1.82, 2.24) is 10.2 Å². The Morgan fingerprint density at radius 1 is 1.19 bits per heavy atom. The lowest BCUT2D eigenvalue weighted by atomic mass is 10.1. The van der Waals surface area contributed by atoms with E-state index in [0.717, 1.165) is 22.7 Å². The fourth-order valence-electron chi connectivity index (χ4n) is 3.78. The van der Waals surface area contributed by atoms with Crippen molar-refractivity contribution in [3.63, 3.8) is 0 Å². The van der Waals surface area contributed by atoms with Crippen molar-refractivity contribution in [3.05, 3.63) is 58.6 Å². The molecule has 2 heterocycles. The number of para-hydroxylation sites is 1. The number of nitrogens with one attached hydrogen (secondary N) is 1. The number of aromatic nitrogens is 2. The van der Waals surface area contributed by atoms with Crippen LogP contribution in [0, 0.1) is 0 Å². The topological polar surface area (TPSA) is 93.7 Å². The predicted octanol–water partition coefficient (Wildman–Crippen LogP) is 3.89. The largest absolute Gasteiger partial charge is 0.497 e. The van der Waals surface area contributed by atoms with Crippen LogP contribution >= 0.6 is 11.3 Å². The molecule has 166 valence electrons. The molecular weight excluding hydrogens is 428 g/mol. The van der Waals surface area contributed by atoms with Gasteiger partial charge in [-0.05, 0) is 30.2 Å². The molecule has 0 bridgehead atoms. The molecule has 0 spiro atoms. The first kappa shape index (κ1) is 21.8. The molecule has 4 rings (SSSR count). The minimum Gasteiger partial charge on any atom is -0.497 e. The number of methoxy groups -OCH3 is 2. The molecule has 0 saturated carbocycles. The number of hydrogen-bond acceptors (Lipinski definition) is 7. The highest BCUT2D eigenvalue weighted by Crippen LogP contribution is 2.36. The SMILES string of the molecule is CCc1ccccc1N1CC(c2nnc(NC(=O)c3ccc(OC)cc3OC)s2)CC1=O. The zero-order valence-corrected chi connectivity index (χ0v) is 18.9. The van der Waals surface area contributed by atoms with Gasteiger partial charge in [0, 0.05) is 30.6 Å². The quantitative estimate of drug-likeness (QED) is 0.585. The third kappa shape index (κ3) is 4.29. The summed E-state index contributed by atoms with van der Waals surface area (Å²) in [5.41, 5.74) is 2.45. The lowest BCUT2D eigenvalue weighted by molar-refractivity contribution is -0.117. The maximum absolute atomic E-state index is 12.7. The van der Waals surface area contributed by atoms with Crippen LogP contribution in [0.25, 0.3) is 0 Å². The summed E-state index contributed by atoms with van der Waals surface area (Å²) in [4.78, 5) is 27.3. The molecule has 0 aliphatic carbocycles. The molecule has 1 aromatic heterocycles. The molecule has 0 radical (unpaired) electrons. The van der Waals surface area contributed by atoms with Crippen LogP contribution in [0.4, 0.5) is 10.8 Å². The molecule has 1 fully saturated rings. The van der Waals surface area contributed by atoms with E-state index in [9.17, 15) is 9.59 Å². The van der Waals surface area contributed by atoms with Gasteiger partial charge in [0.2, 0.25) is 11.0 Å². The van der Waals surface area contributed by atoms with Crippen molar-refractivity contribution < 1.29 is 19.1 Å². The summed E-state index contributed by atoms with van der Waals surface area (Å²) in [5, 5.41) is 12.2. The highest BCUT2D eigenvalue weighted by molar-refractivity contribution is 7.15. The first-order chi connectivity index (χ1) is 15.5. The fraction of sp³-hybridized carbons (Fsp3) is 0.304. The summed E-state index contributed by atoms with van der Waals surface area (Å²) in [7, 11) is 3.04. The molecule has 1 aliphatic rings. The van der Waals surface area contributed by atoms with E-state index in [2.05, 4.69) is 22.4 Å². The van der Waals surface area contributed by atoms with Crippen LogP contribution in [0.15, 0.2) is 42.5 Å². The minimum atomic E-state index is -0.354. The summed E-state index contributed by atoms with van der Waals surface area (Å²) in [6, 6.07) is 12.9. The molecule has 1 atom stereocenters. The number of amides is 2. The summed E-state index contributed by atoms with van der Waals surface area (Å²) in [5.74, 6) is 0.647. The molecule has 1 unspecified atom stereocenters. The molecule has 3 aromatic rings. The van der Waals surface area contributed by atoms with Crippen molar-refractivity contribution in [2.24, 2.45) is 0 Å². The smallest absolute Gasteiger partial charge is 0.261 e. The normalized spacial score (nSPS) is 15.7. The average Bonchev–Trinajstić information content (AvgIpc) is 3.44. The van der Waals surface area contributed by atoms with Crippen LogP contribution in [0.5, 0.6) is 11.5 Å². The van der Waals surface area contributed by atoms with Gasteiger partial charge in [-0.1, -0.05) is 36.5 Å². The van der Waals surface area contributed by atoms with Crippen LogP contribution in [0.3, 0.4) is 0 Å². The zero-order valence-electron chi connectivity index (χ0n) is 18.1.